The minimum absolute atomic E-state index is 0.177. The van der Waals surface area contributed by atoms with Gasteiger partial charge >= 0.3 is 0 Å². The van der Waals surface area contributed by atoms with E-state index in [4.69, 9.17) is 40.2 Å². The summed E-state index contributed by atoms with van der Waals surface area (Å²) < 4.78 is 5.57. The first-order valence-electron chi connectivity index (χ1n) is 10.5. The number of rotatable bonds is 8. The average Bonchev–Trinajstić information content (AvgIpc) is 2.79. The molecule has 0 bridgehead atoms. The summed E-state index contributed by atoms with van der Waals surface area (Å²) in [6.07, 6.45) is 0.722. The van der Waals surface area contributed by atoms with Crippen LogP contribution in [0.3, 0.4) is 0 Å². The summed E-state index contributed by atoms with van der Waals surface area (Å²) in [6.45, 7) is 2.21. The Kier molecular flexibility index (Phi) is 9.27. The van der Waals surface area contributed by atoms with Crippen molar-refractivity contribution >= 4 is 63.7 Å². The minimum atomic E-state index is -0.231. The second-order valence-electron chi connectivity index (χ2n) is 7.38. The molecule has 0 heterocycles. The number of carbonyl (C=O) groups excluding carboxylic acids is 2. The number of aryl methyl sites for hydroxylation is 1. The number of carbonyl (C=O) groups is 2. The molecule has 9 heteroatoms. The fraction of sp³-hybridized carbons (Fsp3) is 0.160. The van der Waals surface area contributed by atoms with Gasteiger partial charge in [-0.25, -0.2) is 0 Å². The first-order valence-corrected chi connectivity index (χ1v) is 11.6. The standard InChI is InChI=1S/C25H23Cl2N3O3S/c1-16-5-2-3-6-20(16)24(32)28-18-9-11-19(12-10-18)29-25(34)30-23(31)7-4-14-33-22-13-8-17(26)15-21(22)27/h2-3,5-6,8-13,15H,4,7,14H2,1H3,(H,28,32)(H2,29,30,31,34). The number of hydrogen-bond donors (Lipinski definition) is 3. The second-order valence-corrected chi connectivity index (χ2v) is 8.63. The van der Waals surface area contributed by atoms with Crippen molar-refractivity contribution in [2.75, 3.05) is 17.2 Å². The zero-order valence-corrected chi connectivity index (χ0v) is 20.7. The highest BCUT2D eigenvalue weighted by atomic mass is 35.5. The van der Waals surface area contributed by atoms with Crippen molar-refractivity contribution in [2.45, 2.75) is 19.8 Å². The third-order valence-corrected chi connectivity index (χ3v) is 5.48. The van der Waals surface area contributed by atoms with Crippen molar-refractivity contribution < 1.29 is 14.3 Å². The third kappa shape index (κ3) is 7.73. The lowest BCUT2D eigenvalue weighted by molar-refractivity contribution is -0.119. The molecule has 0 saturated carbocycles. The molecule has 176 valence electrons. The van der Waals surface area contributed by atoms with E-state index in [1.165, 1.54) is 0 Å². The third-order valence-electron chi connectivity index (χ3n) is 4.74. The van der Waals surface area contributed by atoms with Crippen LogP contribution in [0.15, 0.2) is 66.7 Å². The highest BCUT2D eigenvalue weighted by Gasteiger charge is 2.09. The summed E-state index contributed by atoms with van der Waals surface area (Å²) in [7, 11) is 0. The summed E-state index contributed by atoms with van der Waals surface area (Å²) in [5.41, 5.74) is 2.85. The van der Waals surface area contributed by atoms with Crippen LogP contribution in [-0.4, -0.2) is 23.5 Å². The van der Waals surface area contributed by atoms with E-state index in [9.17, 15) is 9.59 Å². The molecular weight excluding hydrogens is 493 g/mol. The Morgan fingerprint density at radius 1 is 0.941 bits per heavy atom. The van der Waals surface area contributed by atoms with Crippen molar-refractivity contribution in [1.29, 1.82) is 0 Å². The van der Waals surface area contributed by atoms with Crippen LogP contribution in [0.4, 0.5) is 11.4 Å². The van der Waals surface area contributed by atoms with Gasteiger partial charge in [-0.1, -0.05) is 41.4 Å². The van der Waals surface area contributed by atoms with Crippen molar-refractivity contribution in [3.8, 4) is 5.75 Å². The van der Waals surface area contributed by atoms with Crippen LogP contribution in [0.2, 0.25) is 10.0 Å². The predicted octanol–water partition coefficient (Wildman–Crippen LogP) is 6.23. The Morgan fingerprint density at radius 2 is 1.62 bits per heavy atom. The van der Waals surface area contributed by atoms with E-state index < -0.39 is 0 Å². The Hall–Kier alpha value is -3.13. The zero-order chi connectivity index (χ0) is 24.5. The van der Waals surface area contributed by atoms with Gasteiger partial charge in [0.05, 0.1) is 11.6 Å². The van der Waals surface area contributed by atoms with Crippen molar-refractivity contribution in [2.24, 2.45) is 0 Å². The molecule has 0 spiro atoms. The van der Waals surface area contributed by atoms with Gasteiger partial charge in [0.2, 0.25) is 5.91 Å². The predicted molar refractivity (Wildman–Crippen MR) is 141 cm³/mol. The number of amides is 2. The molecule has 0 aliphatic heterocycles. The average molecular weight is 516 g/mol. The molecule has 0 aromatic heterocycles. The van der Waals surface area contributed by atoms with Crippen molar-refractivity contribution in [1.82, 2.24) is 5.32 Å². The molecule has 0 aliphatic rings. The number of anilines is 2. The summed E-state index contributed by atoms with van der Waals surface area (Å²) in [4.78, 5) is 24.5. The molecule has 0 unspecified atom stereocenters. The molecule has 34 heavy (non-hydrogen) atoms. The molecule has 0 radical (unpaired) electrons. The Labute approximate surface area is 213 Å². The summed E-state index contributed by atoms with van der Waals surface area (Å²) in [6, 6.07) is 19.4. The Bertz CT molecular complexity index is 1190. The quantitative estimate of drug-likeness (QED) is 0.245. The second kappa shape index (κ2) is 12.4. The number of hydrogen-bond acceptors (Lipinski definition) is 4. The van der Waals surface area contributed by atoms with Crippen LogP contribution in [0, 0.1) is 6.92 Å². The normalized spacial score (nSPS) is 10.3. The molecule has 6 nitrogen and oxygen atoms in total. The number of benzene rings is 3. The SMILES string of the molecule is Cc1ccccc1C(=O)Nc1ccc(NC(=S)NC(=O)CCCOc2ccc(Cl)cc2Cl)cc1. The molecule has 3 N–H and O–H groups in total. The van der Waals surface area contributed by atoms with Gasteiger partial charge in [0, 0.05) is 28.4 Å². The van der Waals surface area contributed by atoms with E-state index in [2.05, 4.69) is 16.0 Å². The van der Waals surface area contributed by atoms with Gasteiger partial charge in [-0.2, -0.15) is 0 Å². The number of thiocarbonyl (C=S) groups is 1. The summed E-state index contributed by atoms with van der Waals surface area (Å²) >= 11 is 17.1. The van der Waals surface area contributed by atoms with Gasteiger partial charge in [0.25, 0.3) is 5.91 Å². The first-order chi connectivity index (χ1) is 16.3. The molecule has 0 aliphatic carbocycles. The largest absolute Gasteiger partial charge is 0.492 e. The number of ether oxygens (including phenoxy) is 1. The summed E-state index contributed by atoms with van der Waals surface area (Å²) in [5.74, 6) is 0.108. The van der Waals surface area contributed by atoms with Crippen LogP contribution in [0.5, 0.6) is 5.75 Å². The van der Waals surface area contributed by atoms with Gasteiger partial charge in [0.1, 0.15) is 5.75 Å². The van der Waals surface area contributed by atoms with Crippen LogP contribution >= 0.6 is 35.4 Å². The fourth-order valence-electron chi connectivity index (χ4n) is 3.02. The van der Waals surface area contributed by atoms with E-state index in [-0.39, 0.29) is 23.3 Å². The Balaban J connectivity index is 1.39. The lowest BCUT2D eigenvalue weighted by Gasteiger charge is -2.11. The molecule has 2 amide bonds. The zero-order valence-electron chi connectivity index (χ0n) is 18.4. The minimum Gasteiger partial charge on any atom is -0.492 e. The van der Waals surface area contributed by atoms with E-state index in [0.29, 0.717) is 45.8 Å². The van der Waals surface area contributed by atoms with Crippen LogP contribution in [0.1, 0.15) is 28.8 Å². The smallest absolute Gasteiger partial charge is 0.255 e. The topological polar surface area (TPSA) is 79.5 Å². The van der Waals surface area contributed by atoms with Gasteiger partial charge in [-0.3, -0.25) is 9.59 Å². The molecule has 0 saturated heterocycles. The lowest BCUT2D eigenvalue weighted by atomic mass is 10.1. The van der Waals surface area contributed by atoms with Gasteiger partial charge in [-0.15, -0.1) is 0 Å². The maximum absolute atomic E-state index is 12.4. The van der Waals surface area contributed by atoms with Gasteiger partial charge < -0.3 is 20.7 Å². The monoisotopic (exact) mass is 515 g/mol. The first kappa shape index (κ1) is 25.5. The molecule has 0 atom stereocenters. The van der Waals surface area contributed by atoms with E-state index >= 15 is 0 Å². The Morgan fingerprint density at radius 3 is 2.29 bits per heavy atom. The highest BCUT2D eigenvalue weighted by Crippen LogP contribution is 2.27. The highest BCUT2D eigenvalue weighted by molar-refractivity contribution is 7.80. The lowest BCUT2D eigenvalue weighted by Crippen LogP contribution is -2.34. The maximum Gasteiger partial charge on any atom is 0.255 e. The molecule has 3 aromatic rings. The van der Waals surface area contributed by atoms with Gasteiger partial charge in [0.15, 0.2) is 5.11 Å². The van der Waals surface area contributed by atoms with Crippen molar-refractivity contribution in [3.63, 3.8) is 0 Å². The fourth-order valence-corrected chi connectivity index (χ4v) is 3.72. The summed E-state index contributed by atoms with van der Waals surface area (Å²) in [5, 5.41) is 9.57. The van der Waals surface area contributed by atoms with Crippen LogP contribution < -0.4 is 20.7 Å². The number of nitrogens with one attached hydrogen (secondary N) is 3. The van der Waals surface area contributed by atoms with E-state index in [1.54, 1.807) is 48.5 Å². The van der Waals surface area contributed by atoms with Crippen LogP contribution in [0.25, 0.3) is 0 Å². The molecular formula is C25H23Cl2N3O3S. The van der Waals surface area contributed by atoms with Crippen LogP contribution in [-0.2, 0) is 4.79 Å². The molecule has 3 aromatic carbocycles. The number of halogens is 2. The van der Waals surface area contributed by atoms with Gasteiger partial charge in [-0.05, 0) is 79.7 Å². The molecule has 3 rings (SSSR count). The molecule has 0 fully saturated rings. The van der Waals surface area contributed by atoms with Crippen molar-refractivity contribution in [3.05, 3.63) is 87.9 Å². The van der Waals surface area contributed by atoms with E-state index in [0.717, 1.165) is 5.56 Å². The maximum atomic E-state index is 12.4. The van der Waals surface area contributed by atoms with E-state index in [1.807, 2.05) is 25.1 Å².